The highest BCUT2D eigenvalue weighted by molar-refractivity contribution is 6.30. The molecule has 0 spiro atoms. The Morgan fingerprint density at radius 3 is 2.63 bits per heavy atom. The van der Waals surface area contributed by atoms with Crippen molar-refractivity contribution in [2.24, 2.45) is 0 Å². The fourth-order valence-corrected chi connectivity index (χ4v) is 3.83. The van der Waals surface area contributed by atoms with Crippen LogP contribution in [0.15, 0.2) is 59.8 Å². The van der Waals surface area contributed by atoms with Crippen molar-refractivity contribution in [3.63, 3.8) is 0 Å². The summed E-state index contributed by atoms with van der Waals surface area (Å²) in [6.07, 6.45) is 4.65. The van der Waals surface area contributed by atoms with Gasteiger partial charge in [0, 0.05) is 29.0 Å². The number of hydrogen-bond donors (Lipinski definition) is 1. The molecule has 1 N–H and O–H groups in total. The quantitative estimate of drug-likeness (QED) is 0.390. The second-order valence-electron chi connectivity index (χ2n) is 7.76. The van der Waals surface area contributed by atoms with Gasteiger partial charge in [-0.2, -0.15) is 0 Å². The minimum Gasteiger partial charge on any atom is -0.495 e. The molecule has 0 aliphatic rings. The number of nitrogens with zero attached hydrogens (tertiary/aromatic N) is 3. The number of ether oxygens (including phenoxy) is 2. The summed E-state index contributed by atoms with van der Waals surface area (Å²) >= 11 is 6.14. The van der Waals surface area contributed by atoms with Crippen molar-refractivity contribution >= 4 is 34.8 Å². The lowest BCUT2D eigenvalue weighted by molar-refractivity contribution is -0.116. The van der Waals surface area contributed by atoms with Crippen LogP contribution in [-0.2, 0) is 16.1 Å². The largest absolute Gasteiger partial charge is 0.495 e. The van der Waals surface area contributed by atoms with E-state index in [2.05, 4.69) is 10.3 Å². The van der Waals surface area contributed by atoms with Gasteiger partial charge in [-0.05, 0) is 49.2 Å². The molecule has 0 fully saturated rings. The van der Waals surface area contributed by atoms with E-state index in [0.29, 0.717) is 27.7 Å². The summed E-state index contributed by atoms with van der Waals surface area (Å²) in [5.74, 6) is -0.494. The fourth-order valence-electron chi connectivity index (χ4n) is 3.66. The van der Waals surface area contributed by atoms with Crippen LogP contribution in [0.4, 0.5) is 5.69 Å². The number of fused-ring (bicyclic) bond motifs is 1. The monoisotopic (exact) mass is 494 g/mol. The number of amides is 1. The molecule has 0 aliphatic heterocycles. The zero-order chi connectivity index (χ0) is 25.1. The molecular formula is C25H23ClN4O5. The lowest BCUT2D eigenvalue weighted by atomic mass is 10.0. The van der Waals surface area contributed by atoms with Gasteiger partial charge in [-0.15, -0.1) is 0 Å². The standard InChI is InChI=1S/C25H23ClN4O5/c1-4-35-25(33)20-12-29-11-17(7-8-22(29)28-20)27-23(31)14-30-13-21(34-3)19(10-24(30)32)18-9-16(26)6-5-15(18)2/h5-13H,4,14H2,1-3H3,(H,27,31). The van der Waals surface area contributed by atoms with Gasteiger partial charge in [-0.1, -0.05) is 17.7 Å². The molecule has 0 unspecified atom stereocenters. The summed E-state index contributed by atoms with van der Waals surface area (Å²) < 4.78 is 13.3. The van der Waals surface area contributed by atoms with Gasteiger partial charge >= 0.3 is 5.97 Å². The zero-order valence-electron chi connectivity index (χ0n) is 19.4. The van der Waals surface area contributed by atoms with Gasteiger partial charge in [0.25, 0.3) is 5.56 Å². The highest BCUT2D eigenvalue weighted by Crippen LogP contribution is 2.32. The van der Waals surface area contributed by atoms with Crippen LogP contribution in [0, 0.1) is 6.92 Å². The van der Waals surface area contributed by atoms with Crippen LogP contribution in [0.3, 0.4) is 0 Å². The average Bonchev–Trinajstić information content (AvgIpc) is 3.25. The number of carbonyl (C=O) groups excluding carboxylic acids is 2. The lowest BCUT2D eigenvalue weighted by Crippen LogP contribution is -2.27. The molecular weight excluding hydrogens is 472 g/mol. The first-order valence-corrected chi connectivity index (χ1v) is 11.2. The van der Waals surface area contributed by atoms with E-state index in [4.69, 9.17) is 21.1 Å². The highest BCUT2D eigenvalue weighted by atomic mass is 35.5. The first-order chi connectivity index (χ1) is 16.8. The second-order valence-corrected chi connectivity index (χ2v) is 8.20. The molecule has 4 rings (SSSR count). The Morgan fingerprint density at radius 1 is 1.09 bits per heavy atom. The van der Waals surface area contributed by atoms with Gasteiger partial charge in [-0.3, -0.25) is 9.59 Å². The number of aromatic nitrogens is 3. The van der Waals surface area contributed by atoms with E-state index in [1.165, 1.54) is 30.1 Å². The predicted octanol–water partition coefficient (Wildman–Crippen LogP) is 3.95. The van der Waals surface area contributed by atoms with Crippen LogP contribution in [0.25, 0.3) is 16.8 Å². The lowest BCUT2D eigenvalue weighted by Gasteiger charge is -2.14. The molecule has 35 heavy (non-hydrogen) atoms. The zero-order valence-corrected chi connectivity index (χ0v) is 20.1. The molecule has 0 saturated carbocycles. The Bertz CT molecular complexity index is 1490. The number of anilines is 1. The summed E-state index contributed by atoms with van der Waals surface area (Å²) in [7, 11) is 1.50. The number of imidazole rings is 1. The maximum atomic E-state index is 12.8. The number of esters is 1. The molecule has 0 saturated heterocycles. The number of rotatable bonds is 7. The van der Waals surface area contributed by atoms with E-state index in [-0.39, 0.29) is 24.4 Å². The van der Waals surface area contributed by atoms with E-state index >= 15 is 0 Å². The summed E-state index contributed by atoms with van der Waals surface area (Å²) in [6, 6.07) is 10.2. The van der Waals surface area contributed by atoms with Crippen molar-refractivity contribution in [1.82, 2.24) is 14.0 Å². The molecule has 0 radical (unpaired) electrons. The predicted molar refractivity (Wildman–Crippen MR) is 132 cm³/mol. The molecule has 1 amide bonds. The van der Waals surface area contributed by atoms with Gasteiger partial charge in [-0.25, -0.2) is 9.78 Å². The van der Waals surface area contributed by atoms with Crippen molar-refractivity contribution in [1.29, 1.82) is 0 Å². The molecule has 9 nitrogen and oxygen atoms in total. The summed E-state index contributed by atoms with van der Waals surface area (Å²) in [5.41, 5.74) is 3.11. The molecule has 180 valence electrons. The van der Waals surface area contributed by atoms with E-state index in [1.54, 1.807) is 41.8 Å². The first kappa shape index (κ1) is 24.0. The molecule has 0 atom stereocenters. The van der Waals surface area contributed by atoms with Crippen LogP contribution in [-0.4, -0.2) is 39.5 Å². The number of benzene rings is 1. The Labute approximate surface area is 205 Å². The summed E-state index contributed by atoms with van der Waals surface area (Å²) in [6.45, 7) is 3.66. The molecule has 4 aromatic rings. The normalized spacial score (nSPS) is 10.9. The highest BCUT2D eigenvalue weighted by Gasteiger charge is 2.15. The Balaban J connectivity index is 1.55. The molecule has 0 bridgehead atoms. The van der Waals surface area contributed by atoms with Crippen molar-refractivity contribution in [3.05, 3.63) is 81.6 Å². The first-order valence-electron chi connectivity index (χ1n) is 10.8. The van der Waals surface area contributed by atoms with Crippen molar-refractivity contribution in [2.45, 2.75) is 20.4 Å². The van der Waals surface area contributed by atoms with Gasteiger partial charge < -0.3 is 23.8 Å². The number of nitrogens with one attached hydrogen (secondary N) is 1. The SMILES string of the molecule is CCOC(=O)c1cn2cc(NC(=O)Cn3cc(OC)c(-c4cc(Cl)ccc4C)cc3=O)ccc2n1. The number of pyridine rings is 2. The van der Waals surface area contributed by atoms with E-state index < -0.39 is 11.9 Å². The van der Waals surface area contributed by atoms with Gasteiger partial charge in [0.15, 0.2) is 5.69 Å². The number of methoxy groups -OCH3 is 1. The maximum absolute atomic E-state index is 12.8. The fraction of sp³-hybridized carbons (Fsp3) is 0.200. The van der Waals surface area contributed by atoms with Gasteiger partial charge in [0.1, 0.15) is 17.9 Å². The van der Waals surface area contributed by atoms with Crippen molar-refractivity contribution in [3.8, 4) is 16.9 Å². The number of hydrogen-bond acceptors (Lipinski definition) is 6. The minimum atomic E-state index is -0.522. The van der Waals surface area contributed by atoms with Crippen LogP contribution in [0.5, 0.6) is 5.75 Å². The van der Waals surface area contributed by atoms with E-state index in [9.17, 15) is 14.4 Å². The van der Waals surface area contributed by atoms with Crippen molar-refractivity contribution in [2.75, 3.05) is 19.0 Å². The van der Waals surface area contributed by atoms with Crippen LogP contribution in [0.2, 0.25) is 5.02 Å². The molecule has 0 aliphatic carbocycles. The van der Waals surface area contributed by atoms with Crippen LogP contribution >= 0.6 is 11.6 Å². The molecule has 1 aromatic carbocycles. The van der Waals surface area contributed by atoms with Crippen LogP contribution in [0.1, 0.15) is 23.0 Å². The van der Waals surface area contributed by atoms with Gasteiger partial charge in [0.2, 0.25) is 5.91 Å². The van der Waals surface area contributed by atoms with Crippen molar-refractivity contribution < 1.29 is 19.1 Å². The topological polar surface area (TPSA) is 104 Å². The minimum absolute atomic E-state index is 0.170. The Kier molecular flexibility index (Phi) is 6.88. The molecule has 3 heterocycles. The second kappa shape index (κ2) is 10.0. The van der Waals surface area contributed by atoms with Gasteiger partial charge in [0.05, 0.1) is 25.6 Å². The number of halogens is 1. The average molecular weight is 495 g/mol. The molecule has 3 aromatic heterocycles. The third-order valence-electron chi connectivity index (χ3n) is 5.33. The van der Waals surface area contributed by atoms with E-state index in [0.717, 1.165) is 11.1 Å². The molecule has 10 heteroatoms. The third kappa shape index (κ3) is 5.20. The third-order valence-corrected chi connectivity index (χ3v) is 5.57. The Hall–Kier alpha value is -4.11. The van der Waals surface area contributed by atoms with E-state index in [1.807, 2.05) is 13.0 Å². The van der Waals surface area contributed by atoms with Crippen LogP contribution < -0.4 is 15.6 Å². The smallest absolute Gasteiger partial charge is 0.358 e. The number of aryl methyl sites for hydroxylation is 1. The number of carbonyl (C=O) groups is 2. The Morgan fingerprint density at radius 2 is 1.89 bits per heavy atom. The summed E-state index contributed by atoms with van der Waals surface area (Å²) in [5, 5.41) is 3.29. The maximum Gasteiger partial charge on any atom is 0.358 e. The summed E-state index contributed by atoms with van der Waals surface area (Å²) in [4.78, 5) is 41.6.